The van der Waals surface area contributed by atoms with Crippen LogP contribution in [0.25, 0.3) is 0 Å². The smallest absolute Gasteiger partial charge is 0.200 e. The zero-order valence-corrected chi connectivity index (χ0v) is 12.7. The molecule has 0 aliphatic heterocycles. The summed E-state index contributed by atoms with van der Waals surface area (Å²) in [6.45, 7) is 4.13. The number of rotatable bonds is 4. The van der Waals surface area contributed by atoms with Gasteiger partial charge in [-0.15, -0.1) is 0 Å². The van der Waals surface area contributed by atoms with E-state index >= 15 is 0 Å². The van der Waals surface area contributed by atoms with Crippen molar-refractivity contribution < 1.29 is 39.5 Å². The van der Waals surface area contributed by atoms with Crippen molar-refractivity contribution in [1.82, 2.24) is 0 Å². The average Bonchev–Trinajstić information content (AvgIpc) is 2.12. The SMILES string of the molecule is CC(C)(C)C(I)CC(F)(F)C(F)(F)C(F)(F)C(F)(F)F. The number of halogens is 10. The van der Waals surface area contributed by atoms with E-state index in [-0.39, 0.29) is 0 Å². The molecule has 0 nitrogen and oxygen atoms in total. The van der Waals surface area contributed by atoms with Gasteiger partial charge in [-0.2, -0.15) is 39.5 Å². The lowest BCUT2D eigenvalue weighted by molar-refractivity contribution is -0.396. The topological polar surface area (TPSA) is 0 Å². The monoisotopic (exact) mass is 430 g/mol. The third-order valence-electron chi connectivity index (χ3n) is 2.59. The molecular formula is C10H12F9I. The molecule has 122 valence electrons. The van der Waals surface area contributed by atoms with Gasteiger partial charge in [-0.25, -0.2) is 0 Å². The van der Waals surface area contributed by atoms with E-state index in [1.165, 1.54) is 43.4 Å². The van der Waals surface area contributed by atoms with Crippen LogP contribution in [0.15, 0.2) is 0 Å². The van der Waals surface area contributed by atoms with Gasteiger partial charge in [0.05, 0.1) is 0 Å². The molecule has 0 bridgehead atoms. The number of hydrogen-bond donors (Lipinski definition) is 0. The van der Waals surface area contributed by atoms with E-state index in [1.807, 2.05) is 0 Å². The molecule has 0 fully saturated rings. The van der Waals surface area contributed by atoms with Crippen molar-refractivity contribution in [3.8, 4) is 0 Å². The molecule has 20 heavy (non-hydrogen) atoms. The van der Waals surface area contributed by atoms with E-state index < -0.39 is 39.7 Å². The molecule has 0 rings (SSSR count). The van der Waals surface area contributed by atoms with Crippen molar-refractivity contribution in [2.24, 2.45) is 5.41 Å². The quantitative estimate of drug-likeness (QED) is 0.305. The first kappa shape index (κ1) is 20.1. The first-order chi connectivity index (χ1) is 8.38. The largest absolute Gasteiger partial charge is 0.460 e. The average molecular weight is 430 g/mol. The summed E-state index contributed by atoms with van der Waals surface area (Å²) in [7, 11) is 0. The molecule has 0 aromatic rings. The first-order valence-corrected chi connectivity index (χ1v) is 6.47. The summed E-state index contributed by atoms with van der Waals surface area (Å²) < 4.78 is 112. The van der Waals surface area contributed by atoms with Gasteiger partial charge in [0, 0.05) is 10.3 Å². The third-order valence-corrected chi connectivity index (χ3v) is 4.89. The van der Waals surface area contributed by atoms with Crippen LogP contribution in [-0.2, 0) is 0 Å². The molecule has 0 saturated carbocycles. The predicted octanol–water partition coefficient (Wildman–Crippen LogP) is 5.69. The lowest BCUT2D eigenvalue weighted by atomic mass is 9.86. The van der Waals surface area contributed by atoms with Crippen LogP contribution in [0.5, 0.6) is 0 Å². The predicted molar refractivity (Wildman–Crippen MR) is 62.8 cm³/mol. The second kappa shape index (κ2) is 5.38. The highest BCUT2D eigenvalue weighted by molar-refractivity contribution is 14.1. The van der Waals surface area contributed by atoms with Gasteiger partial charge >= 0.3 is 23.9 Å². The Morgan fingerprint density at radius 2 is 1.10 bits per heavy atom. The van der Waals surface area contributed by atoms with Crippen LogP contribution < -0.4 is 0 Å². The van der Waals surface area contributed by atoms with Crippen LogP contribution >= 0.6 is 22.6 Å². The Morgan fingerprint density at radius 1 is 0.750 bits per heavy atom. The summed E-state index contributed by atoms with van der Waals surface area (Å²) in [6, 6.07) is 0. The van der Waals surface area contributed by atoms with Gasteiger partial charge in [-0.1, -0.05) is 43.4 Å². The Kier molecular flexibility index (Phi) is 5.41. The lowest BCUT2D eigenvalue weighted by Crippen LogP contribution is -2.61. The molecule has 0 aromatic heterocycles. The van der Waals surface area contributed by atoms with E-state index in [4.69, 9.17) is 0 Å². The van der Waals surface area contributed by atoms with Crippen molar-refractivity contribution in [1.29, 1.82) is 0 Å². The second-order valence-corrected chi connectivity index (χ2v) is 6.89. The summed E-state index contributed by atoms with van der Waals surface area (Å²) >= 11 is 1.32. The minimum atomic E-state index is -6.81. The van der Waals surface area contributed by atoms with Gasteiger partial charge in [0.25, 0.3) is 0 Å². The van der Waals surface area contributed by atoms with Crippen LogP contribution in [0.1, 0.15) is 27.2 Å². The van der Waals surface area contributed by atoms with Crippen molar-refractivity contribution >= 4 is 22.6 Å². The van der Waals surface area contributed by atoms with E-state index in [2.05, 4.69) is 0 Å². The van der Waals surface area contributed by atoms with Crippen LogP contribution in [0.3, 0.4) is 0 Å². The Bertz CT molecular complexity index is 340. The summed E-state index contributed by atoms with van der Waals surface area (Å²) in [5.74, 6) is -18.8. The van der Waals surface area contributed by atoms with Crippen LogP contribution in [0.4, 0.5) is 39.5 Å². The van der Waals surface area contributed by atoms with Crippen molar-refractivity contribution in [2.45, 2.75) is 55.1 Å². The van der Waals surface area contributed by atoms with E-state index in [0.29, 0.717) is 0 Å². The fraction of sp³-hybridized carbons (Fsp3) is 1.00. The standard InChI is InChI=1S/C10H12F9I/c1-6(2,3)5(20)4-7(11,12)8(13,14)9(15,16)10(17,18)19/h5H,4H2,1-3H3. The molecule has 10 heteroatoms. The molecular weight excluding hydrogens is 418 g/mol. The summed E-state index contributed by atoms with van der Waals surface area (Å²) in [6.07, 6.45) is -8.56. The van der Waals surface area contributed by atoms with Gasteiger partial charge in [-0.3, -0.25) is 0 Å². The molecule has 0 spiro atoms. The van der Waals surface area contributed by atoms with Crippen LogP contribution in [0, 0.1) is 5.41 Å². The normalized spacial score (nSPS) is 17.2. The Hall–Kier alpha value is 0.1000. The molecule has 0 aromatic carbocycles. The maximum atomic E-state index is 13.3. The third kappa shape index (κ3) is 3.65. The highest BCUT2D eigenvalue weighted by Gasteiger charge is 2.81. The second-order valence-electron chi connectivity index (χ2n) is 5.39. The van der Waals surface area contributed by atoms with Crippen molar-refractivity contribution in [2.75, 3.05) is 0 Å². The van der Waals surface area contributed by atoms with Gasteiger partial charge in [0.2, 0.25) is 0 Å². The molecule has 0 aliphatic rings. The zero-order chi connectivity index (χ0) is 16.8. The Balaban J connectivity index is 5.48. The Morgan fingerprint density at radius 3 is 1.35 bits per heavy atom. The molecule has 1 atom stereocenters. The fourth-order valence-corrected chi connectivity index (χ4v) is 1.62. The minimum Gasteiger partial charge on any atom is -0.200 e. The van der Waals surface area contributed by atoms with E-state index in [9.17, 15) is 39.5 Å². The summed E-state index contributed by atoms with van der Waals surface area (Å²) in [5.41, 5.74) is -0.965. The molecule has 0 heterocycles. The maximum absolute atomic E-state index is 13.3. The molecule has 0 radical (unpaired) electrons. The van der Waals surface area contributed by atoms with Gasteiger partial charge < -0.3 is 0 Å². The highest BCUT2D eigenvalue weighted by atomic mass is 127. The fourth-order valence-electron chi connectivity index (χ4n) is 1.07. The maximum Gasteiger partial charge on any atom is 0.460 e. The van der Waals surface area contributed by atoms with Crippen molar-refractivity contribution in [3.05, 3.63) is 0 Å². The van der Waals surface area contributed by atoms with Crippen molar-refractivity contribution in [3.63, 3.8) is 0 Å². The van der Waals surface area contributed by atoms with Gasteiger partial charge in [0.1, 0.15) is 0 Å². The zero-order valence-electron chi connectivity index (χ0n) is 10.6. The van der Waals surface area contributed by atoms with Gasteiger partial charge in [0.15, 0.2) is 0 Å². The molecule has 0 saturated heterocycles. The number of hydrogen-bond acceptors (Lipinski definition) is 0. The molecule has 0 N–H and O–H groups in total. The minimum absolute atomic E-state index is 0.965. The molecule has 0 amide bonds. The molecule has 0 aliphatic carbocycles. The first-order valence-electron chi connectivity index (χ1n) is 5.22. The van der Waals surface area contributed by atoms with Crippen LogP contribution in [0.2, 0.25) is 0 Å². The number of alkyl halides is 10. The molecule has 1 unspecified atom stereocenters. The van der Waals surface area contributed by atoms with E-state index in [0.717, 1.165) is 0 Å². The van der Waals surface area contributed by atoms with Gasteiger partial charge in [-0.05, 0) is 5.41 Å². The summed E-state index contributed by atoms with van der Waals surface area (Å²) in [5, 5.41) is 0. The lowest BCUT2D eigenvalue weighted by Gasteiger charge is -2.36. The Labute approximate surface area is 123 Å². The summed E-state index contributed by atoms with van der Waals surface area (Å²) in [4.78, 5) is 0. The highest BCUT2D eigenvalue weighted by Crippen LogP contribution is 2.55. The van der Waals surface area contributed by atoms with E-state index in [1.54, 1.807) is 0 Å². The van der Waals surface area contributed by atoms with Crippen LogP contribution in [-0.4, -0.2) is 27.9 Å².